The summed E-state index contributed by atoms with van der Waals surface area (Å²) in [6, 6.07) is 2.76. The molecule has 1 aliphatic rings. The second-order valence-electron chi connectivity index (χ2n) is 5.50. The summed E-state index contributed by atoms with van der Waals surface area (Å²) in [5.74, 6) is 1.04. The van der Waals surface area contributed by atoms with Gasteiger partial charge in [-0.2, -0.15) is 5.10 Å². The lowest BCUT2D eigenvalue weighted by molar-refractivity contribution is 0.560. The van der Waals surface area contributed by atoms with Crippen molar-refractivity contribution in [2.24, 2.45) is 7.05 Å². The molecular formula is C15H22N4S. The summed E-state index contributed by atoms with van der Waals surface area (Å²) < 4.78 is 1.86. The third-order valence-electron chi connectivity index (χ3n) is 4.15. The summed E-state index contributed by atoms with van der Waals surface area (Å²) in [7, 11) is 3.99. The Balaban J connectivity index is 1.81. The average molecular weight is 290 g/mol. The van der Waals surface area contributed by atoms with Crippen molar-refractivity contribution >= 4 is 11.3 Å². The van der Waals surface area contributed by atoms with Crippen LogP contribution in [0.25, 0.3) is 0 Å². The van der Waals surface area contributed by atoms with Gasteiger partial charge in [-0.05, 0) is 44.4 Å². The first-order chi connectivity index (χ1) is 9.78. The van der Waals surface area contributed by atoms with Crippen LogP contribution in [0.3, 0.4) is 0 Å². The highest BCUT2D eigenvalue weighted by atomic mass is 32.1. The number of nitrogens with one attached hydrogen (secondary N) is 1. The van der Waals surface area contributed by atoms with E-state index in [1.807, 2.05) is 30.1 Å². The van der Waals surface area contributed by atoms with E-state index in [-0.39, 0.29) is 0 Å². The molecule has 0 bridgehead atoms. The molecule has 2 aromatic heterocycles. The standard InChI is InChI=1S/C15H22N4S/c1-16-12(9-15-17-10-18-19(15)2)14-8-11-6-4-3-5-7-13(11)20-14/h8,10,12,16H,3-7,9H2,1-2H3. The average Bonchev–Trinajstić information content (AvgIpc) is 2.97. The SMILES string of the molecule is CNC(Cc1ncnn1C)c1cc2c(s1)CCCCC2. The van der Waals surface area contributed by atoms with Gasteiger partial charge in [0.1, 0.15) is 12.2 Å². The number of aryl methyl sites for hydroxylation is 3. The molecule has 0 spiro atoms. The third kappa shape index (κ3) is 2.79. The van der Waals surface area contributed by atoms with Crippen LogP contribution in [0.2, 0.25) is 0 Å². The Kier molecular flexibility index (Phi) is 4.17. The number of rotatable bonds is 4. The minimum Gasteiger partial charge on any atom is -0.312 e. The van der Waals surface area contributed by atoms with Crippen molar-refractivity contribution in [3.05, 3.63) is 33.5 Å². The summed E-state index contributed by atoms with van der Waals surface area (Å²) in [4.78, 5) is 7.40. The van der Waals surface area contributed by atoms with Gasteiger partial charge in [-0.1, -0.05) is 6.42 Å². The van der Waals surface area contributed by atoms with Gasteiger partial charge in [0, 0.05) is 29.3 Å². The first kappa shape index (κ1) is 13.8. The lowest BCUT2D eigenvalue weighted by Crippen LogP contribution is -2.19. The van der Waals surface area contributed by atoms with E-state index in [0.29, 0.717) is 6.04 Å². The van der Waals surface area contributed by atoms with Crippen molar-refractivity contribution in [1.82, 2.24) is 20.1 Å². The van der Waals surface area contributed by atoms with Gasteiger partial charge >= 0.3 is 0 Å². The Morgan fingerprint density at radius 2 is 2.20 bits per heavy atom. The molecule has 5 heteroatoms. The lowest BCUT2D eigenvalue weighted by atomic mass is 10.1. The van der Waals surface area contributed by atoms with Crippen molar-refractivity contribution in [1.29, 1.82) is 0 Å². The second-order valence-corrected chi connectivity index (χ2v) is 6.67. The van der Waals surface area contributed by atoms with Crippen molar-refractivity contribution in [2.45, 2.75) is 44.6 Å². The van der Waals surface area contributed by atoms with Gasteiger partial charge in [0.2, 0.25) is 0 Å². The third-order valence-corrected chi connectivity index (χ3v) is 5.50. The first-order valence-electron chi connectivity index (χ1n) is 7.39. The molecule has 2 heterocycles. The Morgan fingerprint density at radius 3 is 2.95 bits per heavy atom. The van der Waals surface area contributed by atoms with E-state index >= 15 is 0 Å². The van der Waals surface area contributed by atoms with Crippen molar-refractivity contribution < 1.29 is 0 Å². The molecule has 0 saturated carbocycles. The maximum absolute atomic E-state index is 4.34. The summed E-state index contributed by atoms with van der Waals surface area (Å²) in [6.07, 6.45) is 9.12. The monoisotopic (exact) mass is 290 g/mol. The van der Waals surface area contributed by atoms with E-state index < -0.39 is 0 Å². The minimum atomic E-state index is 0.342. The number of thiophene rings is 1. The molecule has 1 N–H and O–H groups in total. The zero-order chi connectivity index (χ0) is 13.9. The van der Waals surface area contributed by atoms with E-state index in [4.69, 9.17) is 0 Å². The number of aromatic nitrogens is 3. The van der Waals surface area contributed by atoms with E-state index in [9.17, 15) is 0 Å². The van der Waals surface area contributed by atoms with Crippen LogP contribution in [0, 0.1) is 0 Å². The molecule has 2 aromatic rings. The molecule has 0 aliphatic heterocycles. The smallest absolute Gasteiger partial charge is 0.138 e. The number of hydrogen-bond donors (Lipinski definition) is 1. The van der Waals surface area contributed by atoms with E-state index in [0.717, 1.165) is 12.2 Å². The van der Waals surface area contributed by atoms with Crippen LogP contribution in [0.1, 0.15) is 46.4 Å². The quantitative estimate of drug-likeness (QED) is 0.880. The summed E-state index contributed by atoms with van der Waals surface area (Å²) in [5, 5.41) is 7.59. The van der Waals surface area contributed by atoms with Gasteiger partial charge in [-0.15, -0.1) is 11.3 Å². The molecule has 0 radical (unpaired) electrons. The lowest BCUT2D eigenvalue weighted by Gasteiger charge is -2.13. The number of nitrogens with zero attached hydrogens (tertiary/aromatic N) is 3. The molecule has 20 heavy (non-hydrogen) atoms. The largest absolute Gasteiger partial charge is 0.312 e. The van der Waals surface area contributed by atoms with Gasteiger partial charge in [0.05, 0.1) is 0 Å². The maximum Gasteiger partial charge on any atom is 0.138 e. The Labute approximate surface area is 124 Å². The van der Waals surface area contributed by atoms with Crippen LogP contribution in [-0.2, 0) is 26.3 Å². The fourth-order valence-electron chi connectivity index (χ4n) is 2.89. The number of likely N-dealkylation sites (N-methyl/N-ethyl adjacent to an activating group) is 1. The fraction of sp³-hybridized carbons (Fsp3) is 0.600. The van der Waals surface area contributed by atoms with Crippen molar-refractivity contribution in [3.8, 4) is 0 Å². The zero-order valence-corrected chi connectivity index (χ0v) is 13.0. The first-order valence-corrected chi connectivity index (χ1v) is 8.21. The summed E-state index contributed by atoms with van der Waals surface area (Å²) in [5.41, 5.74) is 1.58. The Morgan fingerprint density at radius 1 is 1.35 bits per heavy atom. The predicted molar refractivity (Wildman–Crippen MR) is 82.1 cm³/mol. The molecular weight excluding hydrogens is 268 g/mol. The van der Waals surface area contributed by atoms with Crippen LogP contribution in [0.4, 0.5) is 0 Å². The van der Waals surface area contributed by atoms with Crippen molar-refractivity contribution in [3.63, 3.8) is 0 Å². The molecule has 0 amide bonds. The minimum absolute atomic E-state index is 0.342. The number of fused-ring (bicyclic) bond motifs is 1. The normalized spacial score (nSPS) is 16.7. The highest BCUT2D eigenvalue weighted by Gasteiger charge is 2.19. The number of hydrogen-bond acceptors (Lipinski definition) is 4. The van der Waals surface area contributed by atoms with Gasteiger partial charge in [0.15, 0.2) is 0 Å². The summed E-state index contributed by atoms with van der Waals surface area (Å²) >= 11 is 1.99. The van der Waals surface area contributed by atoms with Crippen LogP contribution < -0.4 is 5.32 Å². The highest BCUT2D eigenvalue weighted by Crippen LogP contribution is 2.33. The van der Waals surface area contributed by atoms with Crippen LogP contribution in [0.5, 0.6) is 0 Å². The van der Waals surface area contributed by atoms with Crippen LogP contribution >= 0.6 is 11.3 Å². The van der Waals surface area contributed by atoms with E-state index in [1.165, 1.54) is 37.0 Å². The van der Waals surface area contributed by atoms with E-state index in [2.05, 4.69) is 21.5 Å². The molecule has 3 rings (SSSR count). The molecule has 4 nitrogen and oxygen atoms in total. The maximum atomic E-state index is 4.34. The Bertz CT molecular complexity index is 549. The zero-order valence-electron chi connectivity index (χ0n) is 12.2. The Hall–Kier alpha value is -1.20. The predicted octanol–water partition coefficient (Wildman–Crippen LogP) is 2.65. The molecule has 1 unspecified atom stereocenters. The molecule has 0 aromatic carbocycles. The van der Waals surface area contributed by atoms with Crippen LogP contribution in [0.15, 0.2) is 12.4 Å². The molecule has 108 valence electrons. The summed E-state index contributed by atoms with van der Waals surface area (Å²) in [6.45, 7) is 0. The van der Waals surface area contributed by atoms with Gasteiger partial charge < -0.3 is 5.32 Å². The topological polar surface area (TPSA) is 42.7 Å². The van der Waals surface area contributed by atoms with E-state index in [1.54, 1.807) is 16.8 Å². The molecule has 0 saturated heterocycles. The molecule has 0 fully saturated rings. The molecule has 1 atom stereocenters. The highest BCUT2D eigenvalue weighted by molar-refractivity contribution is 7.12. The van der Waals surface area contributed by atoms with Crippen molar-refractivity contribution in [2.75, 3.05) is 7.05 Å². The van der Waals surface area contributed by atoms with Crippen LogP contribution in [-0.4, -0.2) is 21.8 Å². The van der Waals surface area contributed by atoms with Gasteiger partial charge in [-0.25, -0.2) is 4.98 Å². The van der Waals surface area contributed by atoms with Gasteiger partial charge in [-0.3, -0.25) is 4.68 Å². The van der Waals surface area contributed by atoms with Gasteiger partial charge in [0.25, 0.3) is 0 Å². The molecule has 1 aliphatic carbocycles. The fourth-order valence-corrected chi connectivity index (χ4v) is 4.26. The second kappa shape index (κ2) is 6.06.